The first-order valence-corrected chi connectivity index (χ1v) is 9.60. The van der Waals surface area contributed by atoms with Crippen molar-refractivity contribution in [3.05, 3.63) is 65.2 Å². The van der Waals surface area contributed by atoms with Crippen molar-refractivity contribution >= 4 is 23.4 Å². The number of aromatic carboxylic acids is 1. The lowest BCUT2D eigenvalue weighted by atomic mass is 10.1. The summed E-state index contributed by atoms with van der Waals surface area (Å²) in [5, 5.41) is 13.1. The molecule has 0 unspecified atom stereocenters. The van der Waals surface area contributed by atoms with Crippen molar-refractivity contribution < 1.29 is 14.6 Å². The molecule has 2 N–H and O–H groups in total. The first kappa shape index (κ1) is 17.8. The first-order chi connectivity index (χ1) is 12.2. The van der Waals surface area contributed by atoms with Crippen LogP contribution in [0.15, 0.2) is 48.5 Å². The third kappa shape index (κ3) is 5.51. The normalized spacial score (nSPS) is 15.0. The number of hydrogen-bond donors (Lipinski definition) is 2. The fraction of sp³-hybridized carbons (Fsp3) is 0.350. The Bertz CT molecular complexity index is 696. The summed E-state index contributed by atoms with van der Waals surface area (Å²) in [6.07, 6.45) is 2.30. The van der Waals surface area contributed by atoms with Gasteiger partial charge in [0.2, 0.25) is 0 Å². The van der Waals surface area contributed by atoms with E-state index in [0.717, 1.165) is 43.1 Å². The zero-order chi connectivity index (χ0) is 17.5. The van der Waals surface area contributed by atoms with Crippen LogP contribution in [0.2, 0.25) is 0 Å². The highest BCUT2D eigenvalue weighted by molar-refractivity contribution is 7.99. The van der Waals surface area contributed by atoms with Gasteiger partial charge in [0.05, 0.1) is 5.56 Å². The van der Waals surface area contributed by atoms with Crippen molar-refractivity contribution in [2.75, 3.05) is 18.5 Å². The molecule has 0 atom stereocenters. The molecule has 0 amide bonds. The Balaban J connectivity index is 1.51. The van der Waals surface area contributed by atoms with Crippen LogP contribution >= 0.6 is 11.8 Å². The largest absolute Gasteiger partial charge is 0.478 e. The highest BCUT2D eigenvalue weighted by Crippen LogP contribution is 2.26. The highest BCUT2D eigenvalue weighted by Gasteiger charge is 2.14. The van der Waals surface area contributed by atoms with E-state index >= 15 is 0 Å². The van der Waals surface area contributed by atoms with E-state index < -0.39 is 5.97 Å². The maximum absolute atomic E-state index is 10.9. The van der Waals surface area contributed by atoms with Gasteiger partial charge in [0, 0.05) is 36.4 Å². The van der Waals surface area contributed by atoms with Crippen molar-refractivity contribution in [1.82, 2.24) is 0 Å². The monoisotopic (exact) mass is 357 g/mol. The quantitative estimate of drug-likeness (QED) is 0.769. The molecule has 1 aliphatic heterocycles. The van der Waals surface area contributed by atoms with Crippen LogP contribution in [0, 0.1) is 0 Å². The van der Waals surface area contributed by atoms with E-state index in [1.165, 1.54) is 5.56 Å². The van der Waals surface area contributed by atoms with E-state index in [-0.39, 0.29) is 0 Å². The molecule has 3 rings (SSSR count). The second-order valence-corrected chi connectivity index (χ2v) is 7.47. The number of nitrogens with one attached hydrogen (secondary N) is 1. The molecule has 25 heavy (non-hydrogen) atoms. The maximum Gasteiger partial charge on any atom is 0.335 e. The minimum absolute atomic E-state index is 0.316. The molecule has 1 heterocycles. The zero-order valence-electron chi connectivity index (χ0n) is 14.1. The summed E-state index contributed by atoms with van der Waals surface area (Å²) in [7, 11) is 0. The molecule has 0 aromatic heterocycles. The number of carbonyl (C=O) groups is 1. The second kappa shape index (κ2) is 8.92. The van der Waals surface area contributed by atoms with Crippen molar-refractivity contribution in [3.8, 4) is 0 Å². The first-order valence-electron chi connectivity index (χ1n) is 8.55. The standard InChI is InChI=1S/C20H23NO3S/c22-20(23)17-6-4-15(5-7-17)13-21-18-3-1-2-16(12-18)14-25-19-8-10-24-11-9-19/h1-7,12,19,21H,8-11,13-14H2,(H,22,23). The van der Waals surface area contributed by atoms with Gasteiger partial charge in [-0.05, 0) is 48.2 Å². The second-order valence-electron chi connectivity index (χ2n) is 6.18. The Morgan fingerprint density at radius 1 is 1.12 bits per heavy atom. The molecule has 132 valence electrons. The maximum atomic E-state index is 10.9. The average molecular weight is 357 g/mol. The van der Waals surface area contributed by atoms with Gasteiger partial charge in [-0.15, -0.1) is 0 Å². The van der Waals surface area contributed by atoms with E-state index in [0.29, 0.717) is 17.4 Å². The fourth-order valence-electron chi connectivity index (χ4n) is 2.80. The number of ether oxygens (including phenoxy) is 1. The number of carboxylic acids is 1. The van der Waals surface area contributed by atoms with Crippen LogP contribution in [-0.2, 0) is 17.0 Å². The van der Waals surface area contributed by atoms with Crippen LogP contribution in [-0.4, -0.2) is 29.5 Å². The number of benzene rings is 2. The highest BCUT2D eigenvalue weighted by atomic mass is 32.2. The fourth-order valence-corrected chi connectivity index (χ4v) is 3.93. The molecule has 0 radical (unpaired) electrons. The number of hydrogen-bond acceptors (Lipinski definition) is 4. The van der Waals surface area contributed by atoms with Crippen LogP contribution in [0.1, 0.15) is 34.3 Å². The molecule has 0 spiro atoms. The molecule has 0 aliphatic carbocycles. The van der Waals surface area contributed by atoms with Gasteiger partial charge in [-0.25, -0.2) is 4.79 Å². The van der Waals surface area contributed by atoms with Crippen LogP contribution in [0.4, 0.5) is 5.69 Å². The summed E-state index contributed by atoms with van der Waals surface area (Å²) in [4.78, 5) is 10.9. The Morgan fingerprint density at radius 3 is 2.60 bits per heavy atom. The lowest BCUT2D eigenvalue weighted by molar-refractivity contribution is 0.0697. The van der Waals surface area contributed by atoms with Gasteiger partial charge in [-0.1, -0.05) is 24.3 Å². The molecular weight excluding hydrogens is 334 g/mol. The van der Waals surface area contributed by atoms with Crippen molar-refractivity contribution in [1.29, 1.82) is 0 Å². The van der Waals surface area contributed by atoms with Gasteiger partial charge in [0.1, 0.15) is 0 Å². The Kier molecular flexibility index (Phi) is 6.36. The summed E-state index contributed by atoms with van der Waals surface area (Å²) < 4.78 is 5.41. The summed E-state index contributed by atoms with van der Waals surface area (Å²) in [6, 6.07) is 15.5. The van der Waals surface area contributed by atoms with Gasteiger partial charge in [0.15, 0.2) is 0 Å². The van der Waals surface area contributed by atoms with Gasteiger partial charge in [-0.3, -0.25) is 0 Å². The summed E-state index contributed by atoms with van der Waals surface area (Å²) in [6.45, 7) is 2.45. The molecular formula is C20H23NO3S. The summed E-state index contributed by atoms with van der Waals surface area (Å²) in [5.74, 6) is 0.127. The van der Waals surface area contributed by atoms with Crippen LogP contribution in [0.3, 0.4) is 0 Å². The number of thioether (sulfide) groups is 1. The average Bonchev–Trinajstić information content (AvgIpc) is 2.66. The predicted molar refractivity (Wildman–Crippen MR) is 102 cm³/mol. The van der Waals surface area contributed by atoms with E-state index in [1.54, 1.807) is 12.1 Å². The molecule has 2 aromatic carbocycles. The van der Waals surface area contributed by atoms with E-state index in [1.807, 2.05) is 23.9 Å². The molecule has 1 fully saturated rings. The molecule has 1 saturated heterocycles. The van der Waals surface area contributed by atoms with Gasteiger partial charge in [0.25, 0.3) is 0 Å². The minimum atomic E-state index is -0.894. The Hall–Kier alpha value is -1.98. The third-order valence-electron chi connectivity index (χ3n) is 4.28. The molecule has 0 saturated carbocycles. The van der Waals surface area contributed by atoms with E-state index in [4.69, 9.17) is 9.84 Å². The molecule has 4 nitrogen and oxygen atoms in total. The van der Waals surface area contributed by atoms with Crippen LogP contribution < -0.4 is 5.32 Å². The SMILES string of the molecule is O=C(O)c1ccc(CNc2cccc(CSC3CCOCC3)c2)cc1. The van der Waals surface area contributed by atoms with Crippen LogP contribution in [0.25, 0.3) is 0 Å². The molecule has 5 heteroatoms. The van der Waals surface area contributed by atoms with Gasteiger partial charge >= 0.3 is 5.97 Å². The molecule has 2 aromatic rings. The van der Waals surface area contributed by atoms with E-state index in [2.05, 4.69) is 29.6 Å². The number of rotatable bonds is 7. The smallest absolute Gasteiger partial charge is 0.335 e. The lowest BCUT2D eigenvalue weighted by Crippen LogP contribution is -2.17. The molecule has 1 aliphatic rings. The third-order valence-corrected chi connectivity index (χ3v) is 5.72. The molecule has 0 bridgehead atoms. The topological polar surface area (TPSA) is 58.6 Å². The Morgan fingerprint density at radius 2 is 1.88 bits per heavy atom. The van der Waals surface area contributed by atoms with Crippen molar-refractivity contribution in [2.24, 2.45) is 0 Å². The van der Waals surface area contributed by atoms with Crippen molar-refractivity contribution in [2.45, 2.75) is 30.4 Å². The minimum Gasteiger partial charge on any atom is -0.478 e. The number of anilines is 1. The van der Waals surface area contributed by atoms with E-state index in [9.17, 15) is 4.79 Å². The Labute approximate surface area is 152 Å². The number of carboxylic acid groups (broad SMARTS) is 1. The summed E-state index contributed by atoms with van der Waals surface area (Å²) >= 11 is 2.01. The predicted octanol–water partition coefficient (Wildman–Crippen LogP) is 4.41. The summed E-state index contributed by atoms with van der Waals surface area (Å²) in [5.41, 5.74) is 3.79. The van der Waals surface area contributed by atoms with Crippen LogP contribution in [0.5, 0.6) is 0 Å². The zero-order valence-corrected chi connectivity index (χ0v) is 14.9. The van der Waals surface area contributed by atoms with Gasteiger partial charge < -0.3 is 15.2 Å². The van der Waals surface area contributed by atoms with Gasteiger partial charge in [-0.2, -0.15) is 11.8 Å². The van der Waals surface area contributed by atoms with Crippen molar-refractivity contribution in [3.63, 3.8) is 0 Å². The lowest BCUT2D eigenvalue weighted by Gasteiger charge is -2.21.